The van der Waals surface area contributed by atoms with E-state index in [1.165, 1.54) is 18.2 Å². The van der Waals surface area contributed by atoms with Crippen LogP contribution >= 0.6 is 0 Å². The summed E-state index contributed by atoms with van der Waals surface area (Å²) in [4.78, 5) is 27.9. The Balaban J connectivity index is 1.82. The summed E-state index contributed by atoms with van der Waals surface area (Å²) in [7, 11) is 0. The number of alkyl halides is 3. The molecule has 1 aliphatic rings. The molecule has 0 aliphatic carbocycles. The first-order chi connectivity index (χ1) is 13.2. The van der Waals surface area contributed by atoms with Crippen LogP contribution in [0.2, 0.25) is 0 Å². The van der Waals surface area contributed by atoms with Crippen LogP contribution in [0.4, 0.5) is 23.7 Å². The molecule has 28 heavy (non-hydrogen) atoms. The second-order valence-electron chi connectivity index (χ2n) is 6.99. The van der Waals surface area contributed by atoms with E-state index in [4.69, 9.17) is 0 Å². The Bertz CT molecular complexity index is 673. The lowest BCUT2D eigenvalue weighted by molar-refractivity contribution is -0.137. The number of amides is 3. The van der Waals surface area contributed by atoms with Gasteiger partial charge in [-0.2, -0.15) is 13.2 Å². The molecule has 0 bridgehead atoms. The number of hydrogen-bond donors (Lipinski definition) is 2. The number of hydrogen-bond acceptors (Lipinski definition) is 3. The summed E-state index contributed by atoms with van der Waals surface area (Å²) in [6.07, 6.45) is -2.63. The number of rotatable bonds is 6. The molecule has 2 rings (SSSR count). The van der Waals surface area contributed by atoms with Gasteiger partial charge in [-0.3, -0.25) is 9.69 Å². The molecule has 6 nitrogen and oxygen atoms in total. The van der Waals surface area contributed by atoms with E-state index < -0.39 is 17.6 Å². The topological polar surface area (TPSA) is 64.7 Å². The highest BCUT2D eigenvalue weighted by atomic mass is 19.4. The number of benzene rings is 1. The van der Waals surface area contributed by atoms with Gasteiger partial charge >= 0.3 is 12.2 Å². The van der Waals surface area contributed by atoms with Crippen LogP contribution in [-0.2, 0) is 11.0 Å². The smallest absolute Gasteiger partial charge is 0.336 e. The Morgan fingerprint density at radius 1 is 1.14 bits per heavy atom. The normalized spacial score (nSPS) is 16.5. The predicted octanol–water partition coefficient (Wildman–Crippen LogP) is 3.16. The maximum atomic E-state index is 13.0. The van der Waals surface area contributed by atoms with Crippen molar-refractivity contribution in [2.24, 2.45) is 0 Å². The quantitative estimate of drug-likeness (QED) is 0.771. The average molecular weight is 400 g/mol. The molecule has 0 aromatic heterocycles. The van der Waals surface area contributed by atoms with Crippen LogP contribution in [0.1, 0.15) is 32.3 Å². The minimum Gasteiger partial charge on any atom is -0.336 e. The van der Waals surface area contributed by atoms with E-state index in [0.29, 0.717) is 26.2 Å². The Hall–Kier alpha value is -2.29. The number of nitrogens with one attached hydrogen (secondary N) is 2. The second-order valence-corrected chi connectivity index (χ2v) is 6.99. The van der Waals surface area contributed by atoms with Crippen LogP contribution < -0.4 is 10.6 Å². The third-order valence-corrected chi connectivity index (χ3v) is 4.62. The number of nitrogens with zero attached hydrogens (tertiary/aromatic N) is 2. The third kappa shape index (κ3) is 6.40. The van der Waals surface area contributed by atoms with Gasteiger partial charge in [-0.25, -0.2) is 4.79 Å². The summed E-state index contributed by atoms with van der Waals surface area (Å²) < 4.78 is 39.0. The van der Waals surface area contributed by atoms with Crippen LogP contribution in [0, 0.1) is 0 Å². The first-order valence-corrected chi connectivity index (χ1v) is 9.44. The van der Waals surface area contributed by atoms with Gasteiger partial charge in [-0.1, -0.05) is 25.5 Å². The van der Waals surface area contributed by atoms with Gasteiger partial charge < -0.3 is 15.5 Å². The van der Waals surface area contributed by atoms with Crippen molar-refractivity contribution in [2.45, 2.75) is 38.9 Å². The maximum Gasteiger partial charge on any atom is 0.418 e. The Morgan fingerprint density at radius 2 is 1.79 bits per heavy atom. The highest BCUT2D eigenvalue weighted by molar-refractivity contribution is 5.93. The minimum atomic E-state index is -4.53. The molecule has 9 heteroatoms. The van der Waals surface area contributed by atoms with E-state index in [-0.39, 0.29) is 24.3 Å². The molecule has 0 radical (unpaired) electrons. The fraction of sp³-hybridized carbons (Fsp3) is 0.579. The largest absolute Gasteiger partial charge is 0.418 e. The number of anilines is 1. The van der Waals surface area contributed by atoms with E-state index >= 15 is 0 Å². The standard InChI is InChI=1S/C19H27F3N4O2/c1-3-6-14(2)23-18(28)26-11-9-25(10-12-26)13-17(27)24-16-8-5-4-7-15(16)19(20,21)22/h4-5,7-8,14H,3,6,9-13H2,1-2H3,(H,23,28)(H,24,27). The summed E-state index contributed by atoms with van der Waals surface area (Å²) in [5.41, 5.74) is -1.12. The third-order valence-electron chi connectivity index (χ3n) is 4.62. The molecule has 1 atom stereocenters. The lowest BCUT2D eigenvalue weighted by Gasteiger charge is -2.35. The molecule has 1 heterocycles. The maximum absolute atomic E-state index is 13.0. The number of carbonyl (C=O) groups is 2. The number of piperazine rings is 1. The van der Waals surface area contributed by atoms with Crippen LogP contribution in [-0.4, -0.2) is 60.5 Å². The van der Waals surface area contributed by atoms with Crippen molar-refractivity contribution in [1.82, 2.24) is 15.1 Å². The van der Waals surface area contributed by atoms with E-state index in [2.05, 4.69) is 17.6 Å². The lowest BCUT2D eigenvalue weighted by atomic mass is 10.1. The van der Waals surface area contributed by atoms with Gasteiger partial charge in [0.2, 0.25) is 5.91 Å². The highest BCUT2D eigenvalue weighted by Crippen LogP contribution is 2.34. The number of carbonyl (C=O) groups excluding carboxylic acids is 2. The van der Waals surface area contributed by atoms with E-state index in [0.717, 1.165) is 18.9 Å². The number of para-hydroxylation sites is 1. The SMILES string of the molecule is CCCC(C)NC(=O)N1CCN(CC(=O)Nc2ccccc2C(F)(F)F)CC1. The number of halogens is 3. The zero-order chi connectivity index (χ0) is 20.7. The minimum absolute atomic E-state index is 0.0200. The Kier molecular flexibility index (Phi) is 7.68. The molecule has 1 aromatic carbocycles. The molecule has 1 aromatic rings. The molecule has 0 saturated carbocycles. The van der Waals surface area contributed by atoms with E-state index in [9.17, 15) is 22.8 Å². The van der Waals surface area contributed by atoms with E-state index in [1.54, 1.807) is 4.90 Å². The van der Waals surface area contributed by atoms with Crippen LogP contribution in [0.5, 0.6) is 0 Å². The monoisotopic (exact) mass is 400 g/mol. The summed E-state index contributed by atoms with van der Waals surface area (Å²) in [6.45, 7) is 5.91. The Labute approximate surface area is 163 Å². The molecule has 1 saturated heterocycles. The lowest BCUT2D eigenvalue weighted by Crippen LogP contribution is -2.54. The molecule has 156 valence electrons. The first kappa shape index (κ1) is 22.0. The van der Waals surface area contributed by atoms with Crippen molar-refractivity contribution in [1.29, 1.82) is 0 Å². The molecular weight excluding hydrogens is 373 g/mol. The number of urea groups is 1. The zero-order valence-corrected chi connectivity index (χ0v) is 16.2. The molecule has 1 aliphatic heterocycles. The fourth-order valence-electron chi connectivity index (χ4n) is 3.15. The van der Waals surface area contributed by atoms with Gasteiger partial charge in [0.25, 0.3) is 0 Å². The Morgan fingerprint density at radius 3 is 2.39 bits per heavy atom. The fourth-order valence-corrected chi connectivity index (χ4v) is 3.15. The van der Waals surface area contributed by atoms with Crippen molar-refractivity contribution in [2.75, 3.05) is 38.0 Å². The molecule has 1 fully saturated rings. The summed E-state index contributed by atoms with van der Waals surface area (Å²) in [5.74, 6) is -0.508. The molecular formula is C19H27F3N4O2. The van der Waals surface area contributed by atoms with Gasteiger partial charge in [0.05, 0.1) is 17.8 Å². The van der Waals surface area contributed by atoms with Crippen molar-refractivity contribution >= 4 is 17.6 Å². The van der Waals surface area contributed by atoms with Crippen LogP contribution in [0.3, 0.4) is 0 Å². The van der Waals surface area contributed by atoms with Crippen molar-refractivity contribution in [3.8, 4) is 0 Å². The molecule has 3 amide bonds. The van der Waals surface area contributed by atoms with Gasteiger partial charge in [-0.15, -0.1) is 0 Å². The molecule has 1 unspecified atom stereocenters. The van der Waals surface area contributed by atoms with E-state index in [1.807, 2.05) is 11.8 Å². The first-order valence-electron chi connectivity index (χ1n) is 9.44. The van der Waals surface area contributed by atoms with Crippen LogP contribution in [0.15, 0.2) is 24.3 Å². The summed E-state index contributed by atoms with van der Waals surface area (Å²) in [5, 5.41) is 5.29. The summed E-state index contributed by atoms with van der Waals surface area (Å²) in [6, 6.07) is 4.89. The van der Waals surface area contributed by atoms with Crippen molar-refractivity contribution in [3.63, 3.8) is 0 Å². The van der Waals surface area contributed by atoms with Crippen LogP contribution in [0.25, 0.3) is 0 Å². The highest BCUT2D eigenvalue weighted by Gasteiger charge is 2.33. The molecule has 0 spiro atoms. The van der Waals surface area contributed by atoms with Gasteiger partial charge in [-0.05, 0) is 25.5 Å². The van der Waals surface area contributed by atoms with Crippen molar-refractivity contribution < 1.29 is 22.8 Å². The molecule has 2 N–H and O–H groups in total. The van der Waals surface area contributed by atoms with Gasteiger partial charge in [0, 0.05) is 32.2 Å². The predicted molar refractivity (Wildman–Crippen MR) is 101 cm³/mol. The second kappa shape index (κ2) is 9.77. The van der Waals surface area contributed by atoms with Gasteiger partial charge in [0.15, 0.2) is 0 Å². The van der Waals surface area contributed by atoms with Crippen molar-refractivity contribution in [3.05, 3.63) is 29.8 Å². The average Bonchev–Trinajstić information content (AvgIpc) is 2.62. The summed E-state index contributed by atoms with van der Waals surface area (Å²) >= 11 is 0. The van der Waals surface area contributed by atoms with Gasteiger partial charge in [0.1, 0.15) is 0 Å². The zero-order valence-electron chi connectivity index (χ0n) is 16.2.